The number of carbonyl (C=O) groups is 1. The van der Waals surface area contributed by atoms with Crippen LogP contribution < -0.4 is 4.90 Å². The Morgan fingerprint density at radius 3 is 2.59 bits per heavy atom. The van der Waals surface area contributed by atoms with E-state index in [0.29, 0.717) is 5.69 Å². The molecule has 0 radical (unpaired) electrons. The highest BCUT2D eigenvalue weighted by Gasteiger charge is 2.30. The number of carbonyl (C=O) groups excluding carboxylic acids is 1. The lowest BCUT2D eigenvalue weighted by atomic mass is 10.2. The van der Waals surface area contributed by atoms with E-state index in [1.54, 1.807) is 39.1 Å². The van der Waals surface area contributed by atoms with Gasteiger partial charge in [0.25, 0.3) is 0 Å². The summed E-state index contributed by atoms with van der Waals surface area (Å²) in [6.45, 7) is 4.78. The minimum Gasteiger partial charge on any atom is -0.443 e. The first kappa shape index (κ1) is 21.0. The van der Waals surface area contributed by atoms with Crippen molar-refractivity contribution in [1.29, 1.82) is 0 Å². The van der Waals surface area contributed by atoms with Crippen LogP contribution in [-0.2, 0) is 4.74 Å². The monoisotopic (exact) mass is 404 g/mol. The molecule has 10 heteroatoms. The fraction of sp³-hybridized carbons (Fsp3) is 0.471. The lowest BCUT2D eigenvalue weighted by Crippen LogP contribution is -2.37. The topological polar surface area (TPSA) is 60.2 Å². The van der Waals surface area contributed by atoms with Crippen LogP contribution in [0.25, 0.3) is 5.69 Å². The molecular weight excluding hydrogens is 385 g/mol. The molecule has 2 aromatic rings. The van der Waals surface area contributed by atoms with Gasteiger partial charge in [-0.1, -0.05) is 11.6 Å². The van der Waals surface area contributed by atoms with Crippen LogP contribution in [0.1, 0.15) is 33.6 Å². The standard InChI is InChI=1S/C17H20ClF3N4O2/c1-16(2,3)27-15(26)24(9-5-7-17(19,20)21)13-11-25(23-14(13)18)12-6-4-8-22-10-12/h4,6,8,10-11H,5,7,9H2,1-3H3. The largest absolute Gasteiger partial charge is 0.443 e. The van der Waals surface area contributed by atoms with Crippen molar-refractivity contribution in [3.8, 4) is 5.69 Å². The van der Waals surface area contributed by atoms with E-state index >= 15 is 0 Å². The lowest BCUT2D eigenvalue weighted by Gasteiger charge is -2.27. The normalized spacial score (nSPS) is 12.1. The predicted molar refractivity (Wildman–Crippen MR) is 95.2 cm³/mol. The van der Waals surface area contributed by atoms with Gasteiger partial charge in [-0.05, 0) is 39.3 Å². The van der Waals surface area contributed by atoms with Gasteiger partial charge in [0.15, 0.2) is 5.15 Å². The maximum Gasteiger partial charge on any atom is 0.414 e. The highest BCUT2D eigenvalue weighted by atomic mass is 35.5. The molecule has 0 fully saturated rings. The molecule has 2 heterocycles. The lowest BCUT2D eigenvalue weighted by molar-refractivity contribution is -0.135. The Labute approximate surface area is 159 Å². The number of anilines is 1. The number of hydrogen-bond acceptors (Lipinski definition) is 4. The molecular formula is C17H20ClF3N4O2. The molecule has 0 bridgehead atoms. The van der Waals surface area contributed by atoms with Crippen molar-refractivity contribution < 1.29 is 22.7 Å². The third-order valence-electron chi connectivity index (χ3n) is 3.31. The van der Waals surface area contributed by atoms with Gasteiger partial charge in [-0.25, -0.2) is 9.48 Å². The summed E-state index contributed by atoms with van der Waals surface area (Å²) in [6.07, 6.45) is -1.86. The number of aromatic nitrogens is 3. The first-order valence-electron chi connectivity index (χ1n) is 8.19. The van der Waals surface area contributed by atoms with E-state index in [1.165, 1.54) is 17.1 Å². The van der Waals surface area contributed by atoms with Crippen molar-refractivity contribution >= 4 is 23.4 Å². The first-order chi connectivity index (χ1) is 12.5. The average molecular weight is 405 g/mol. The second-order valence-corrected chi connectivity index (χ2v) is 7.17. The minimum atomic E-state index is -4.32. The van der Waals surface area contributed by atoms with Crippen LogP contribution in [0.4, 0.5) is 23.7 Å². The molecule has 0 saturated carbocycles. The van der Waals surface area contributed by atoms with Gasteiger partial charge in [0.05, 0.1) is 18.1 Å². The van der Waals surface area contributed by atoms with E-state index < -0.39 is 24.3 Å². The second-order valence-electron chi connectivity index (χ2n) is 6.81. The summed E-state index contributed by atoms with van der Waals surface area (Å²) in [6, 6.07) is 3.42. The van der Waals surface area contributed by atoms with Gasteiger partial charge in [0, 0.05) is 19.2 Å². The van der Waals surface area contributed by atoms with Crippen molar-refractivity contribution in [2.45, 2.75) is 45.4 Å². The van der Waals surface area contributed by atoms with Gasteiger partial charge in [0.1, 0.15) is 11.3 Å². The molecule has 0 aliphatic rings. The van der Waals surface area contributed by atoms with Gasteiger partial charge in [0.2, 0.25) is 0 Å². The van der Waals surface area contributed by atoms with Crippen molar-refractivity contribution in [3.63, 3.8) is 0 Å². The molecule has 1 amide bonds. The van der Waals surface area contributed by atoms with Gasteiger partial charge in [-0.15, -0.1) is 0 Å². The second kappa shape index (κ2) is 8.16. The first-order valence-corrected chi connectivity index (χ1v) is 8.57. The smallest absolute Gasteiger partial charge is 0.414 e. The van der Waals surface area contributed by atoms with Crippen LogP contribution in [0, 0.1) is 0 Å². The Morgan fingerprint density at radius 2 is 2.04 bits per heavy atom. The SMILES string of the molecule is CC(C)(C)OC(=O)N(CCCC(F)(F)F)c1cn(-c2cccnc2)nc1Cl. The van der Waals surface area contributed by atoms with Crippen molar-refractivity contribution in [3.05, 3.63) is 35.9 Å². The van der Waals surface area contributed by atoms with Gasteiger partial charge >= 0.3 is 12.3 Å². The highest BCUT2D eigenvalue weighted by Crippen LogP contribution is 2.29. The Balaban J connectivity index is 2.29. The zero-order valence-corrected chi connectivity index (χ0v) is 15.9. The van der Waals surface area contributed by atoms with E-state index in [4.69, 9.17) is 16.3 Å². The van der Waals surface area contributed by atoms with Crippen LogP contribution >= 0.6 is 11.6 Å². The molecule has 0 aliphatic heterocycles. The molecule has 27 heavy (non-hydrogen) atoms. The summed E-state index contributed by atoms with van der Waals surface area (Å²) in [4.78, 5) is 17.6. The predicted octanol–water partition coefficient (Wildman–Crippen LogP) is 5.00. The number of amides is 1. The van der Waals surface area contributed by atoms with E-state index in [9.17, 15) is 18.0 Å². The molecule has 2 rings (SSSR count). The highest BCUT2D eigenvalue weighted by molar-refractivity contribution is 6.32. The van der Waals surface area contributed by atoms with E-state index in [1.807, 2.05) is 0 Å². The molecule has 0 atom stereocenters. The van der Waals surface area contributed by atoms with Crippen LogP contribution in [0.15, 0.2) is 30.7 Å². The van der Waals surface area contributed by atoms with Crippen LogP contribution in [0.5, 0.6) is 0 Å². The fourth-order valence-corrected chi connectivity index (χ4v) is 2.44. The molecule has 0 unspecified atom stereocenters. The number of pyridine rings is 1. The fourth-order valence-electron chi connectivity index (χ4n) is 2.21. The summed E-state index contributed by atoms with van der Waals surface area (Å²) >= 11 is 6.15. The van der Waals surface area contributed by atoms with Crippen LogP contribution in [-0.4, -0.2) is 39.2 Å². The molecule has 0 saturated heterocycles. The van der Waals surface area contributed by atoms with Gasteiger partial charge in [-0.2, -0.15) is 18.3 Å². The number of rotatable bonds is 5. The van der Waals surface area contributed by atoms with Crippen molar-refractivity contribution in [2.75, 3.05) is 11.4 Å². The third kappa shape index (κ3) is 6.42. The summed E-state index contributed by atoms with van der Waals surface area (Å²) in [5.74, 6) is 0. The molecule has 0 aliphatic carbocycles. The number of hydrogen-bond donors (Lipinski definition) is 0. The summed E-state index contributed by atoms with van der Waals surface area (Å²) in [5, 5.41) is 4.08. The molecule has 0 aromatic carbocycles. The van der Waals surface area contributed by atoms with Crippen LogP contribution in [0.2, 0.25) is 5.15 Å². The van der Waals surface area contributed by atoms with Crippen molar-refractivity contribution in [2.24, 2.45) is 0 Å². The summed E-state index contributed by atoms with van der Waals surface area (Å²) in [5.41, 5.74) is -0.0624. The number of nitrogens with zero attached hydrogens (tertiary/aromatic N) is 4. The van der Waals surface area contributed by atoms with Crippen LogP contribution in [0.3, 0.4) is 0 Å². The van der Waals surface area contributed by atoms with E-state index in [2.05, 4.69) is 10.1 Å². The number of halogens is 4. The average Bonchev–Trinajstić information content (AvgIpc) is 2.91. The minimum absolute atomic E-state index is 0.0308. The van der Waals surface area contributed by atoms with Crippen molar-refractivity contribution in [1.82, 2.24) is 14.8 Å². The third-order valence-corrected chi connectivity index (χ3v) is 3.58. The number of ether oxygens (including phenoxy) is 1. The molecule has 0 spiro atoms. The quantitative estimate of drug-likeness (QED) is 0.703. The molecule has 148 valence electrons. The maximum atomic E-state index is 12.5. The number of alkyl halides is 3. The Morgan fingerprint density at radius 1 is 1.33 bits per heavy atom. The van der Waals surface area contributed by atoms with E-state index in [-0.39, 0.29) is 23.8 Å². The van der Waals surface area contributed by atoms with E-state index in [0.717, 1.165) is 4.90 Å². The Hall–Kier alpha value is -2.29. The molecule has 2 aromatic heterocycles. The zero-order valence-electron chi connectivity index (χ0n) is 15.1. The molecule has 6 nitrogen and oxygen atoms in total. The summed E-state index contributed by atoms with van der Waals surface area (Å²) < 4.78 is 44.2. The zero-order chi connectivity index (χ0) is 20.2. The Bertz CT molecular complexity index is 773. The maximum absolute atomic E-state index is 12.5. The summed E-state index contributed by atoms with van der Waals surface area (Å²) in [7, 11) is 0. The Kier molecular flexibility index (Phi) is 6.35. The van der Waals surface area contributed by atoms with Gasteiger partial charge in [-0.3, -0.25) is 9.88 Å². The molecule has 0 N–H and O–H groups in total. The van der Waals surface area contributed by atoms with Gasteiger partial charge < -0.3 is 4.74 Å².